The van der Waals surface area contributed by atoms with Crippen molar-refractivity contribution in [2.45, 2.75) is 56.0 Å². The van der Waals surface area contributed by atoms with Crippen LogP contribution in [-0.2, 0) is 25.0 Å². The van der Waals surface area contributed by atoms with Crippen LogP contribution in [0.25, 0.3) is 0 Å². The monoisotopic (exact) mass is 488 g/mol. The number of esters is 1. The molecule has 4 rings (SSSR count). The summed E-state index contributed by atoms with van der Waals surface area (Å²) in [6.07, 6.45) is 5.32. The number of furan rings is 1. The van der Waals surface area contributed by atoms with E-state index in [1.807, 2.05) is 18.2 Å². The zero-order chi connectivity index (χ0) is 24.2. The molecule has 1 amide bonds. The van der Waals surface area contributed by atoms with E-state index in [0.717, 1.165) is 25.7 Å². The Morgan fingerprint density at radius 3 is 2.41 bits per heavy atom. The molecule has 2 aromatic rings. The first-order valence-corrected chi connectivity index (χ1v) is 13.4. The SMILES string of the molecule is CCOC(=O)c1ccc(S(=O)(=O)N2CCC(C(=O)NCC3(c4ccccc4)CCCC3)CC2)o1. The van der Waals surface area contributed by atoms with E-state index in [-0.39, 0.29) is 47.8 Å². The third-order valence-electron chi connectivity index (χ3n) is 7.02. The lowest BCUT2D eigenvalue weighted by atomic mass is 9.78. The highest BCUT2D eigenvalue weighted by atomic mass is 32.2. The topological polar surface area (TPSA) is 106 Å². The number of nitrogens with one attached hydrogen (secondary N) is 1. The van der Waals surface area contributed by atoms with E-state index in [1.165, 1.54) is 22.0 Å². The highest BCUT2D eigenvalue weighted by Gasteiger charge is 2.38. The fourth-order valence-electron chi connectivity index (χ4n) is 5.07. The molecule has 0 radical (unpaired) electrons. The minimum atomic E-state index is -3.88. The third kappa shape index (κ3) is 5.05. The van der Waals surface area contributed by atoms with Gasteiger partial charge in [0.1, 0.15) is 0 Å². The van der Waals surface area contributed by atoms with Gasteiger partial charge in [0.2, 0.25) is 16.8 Å². The van der Waals surface area contributed by atoms with Gasteiger partial charge in [-0.3, -0.25) is 4.79 Å². The predicted octanol–water partition coefficient (Wildman–Crippen LogP) is 3.49. The van der Waals surface area contributed by atoms with Gasteiger partial charge in [-0.15, -0.1) is 0 Å². The van der Waals surface area contributed by atoms with E-state index in [2.05, 4.69) is 17.4 Å². The van der Waals surface area contributed by atoms with Crippen molar-refractivity contribution >= 4 is 21.9 Å². The number of benzene rings is 1. The lowest BCUT2D eigenvalue weighted by molar-refractivity contribution is -0.126. The maximum atomic E-state index is 12.9. The Morgan fingerprint density at radius 1 is 1.09 bits per heavy atom. The lowest BCUT2D eigenvalue weighted by Crippen LogP contribution is -2.45. The van der Waals surface area contributed by atoms with E-state index in [0.29, 0.717) is 19.4 Å². The highest BCUT2D eigenvalue weighted by molar-refractivity contribution is 7.89. The number of hydrogen-bond acceptors (Lipinski definition) is 6. The molecular weight excluding hydrogens is 456 g/mol. The van der Waals surface area contributed by atoms with Crippen LogP contribution in [-0.4, -0.2) is 50.8 Å². The summed E-state index contributed by atoms with van der Waals surface area (Å²) in [5, 5.41) is 2.88. The number of ether oxygens (including phenoxy) is 1. The van der Waals surface area contributed by atoms with Crippen LogP contribution < -0.4 is 5.32 Å². The summed E-state index contributed by atoms with van der Waals surface area (Å²) in [4.78, 5) is 24.7. The number of nitrogens with zero attached hydrogens (tertiary/aromatic N) is 1. The first-order valence-electron chi connectivity index (χ1n) is 12.0. The first kappa shape index (κ1) is 24.5. The van der Waals surface area contributed by atoms with Crippen LogP contribution in [0.4, 0.5) is 0 Å². The number of carbonyl (C=O) groups excluding carboxylic acids is 2. The van der Waals surface area contributed by atoms with Crippen molar-refractivity contribution in [3.8, 4) is 0 Å². The van der Waals surface area contributed by atoms with E-state index in [1.54, 1.807) is 6.92 Å². The standard InChI is InChI=1S/C25H32N2O6S/c1-2-32-24(29)21-10-11-22(33-21)34(30,31)27-16-12-19(13-17-27)23(28)26-18-25(14-6-7-15-25)20-8-4-3-5-9-20/h3-5,8-11,19H,2,6-7,12-18H2,1H3,(H,26,28). The number of piperidine rings is 1. The Kier molecular flexibility index (Phi) is 7.42. The second-order valence-electron chi connectivity index (χ2n) is 9.09. The largest absolute Gasteiger partial charge is 0.460 e. The van der Waals surface area contributed by atoms with Gasteiger partial charge in [-0.25, -0.2) is 13.2 Å². The van der Waals surface area contributed by atoms with Crippen LogP contribution >= 0.6 is 0 Å². The Labute approximate surface area is 200 Å². The molecule has 34 heavy (non-hydrogen) atoms. The highest BCUT2D eigenvalue weighted by Crippen LogP contribution is 2.40. The van der Waals surface area contributed by atoms with Gasteiger partial charge in [0.05, 0.1) is 6.61 Å². The second kappa shape index (κ2) is 10.3. The average Bonchev–Trinajstić information content (AvgIpc) is 3.55. The van der Waals surface area contributed by atoms with Gasteiger partial charge in [0, 0.05) is 31.0 Å². The Morgan fingerprint density at radius 2 is 1.76 bits per heavy atom. The van der Waals surface area contributed by atoms with Gasteiger partial charge in [-0.2, -0.15) is 4.31 Å². The minimum absolute atomic E-state index is 0.0122. The zero-order valence-corrected chi connectivity index (χ0v) is 20.3. The molecule has 1 saturated carbocycles. The molecule has 1 aliphatic heterocycles. The Balaban J connectivity index is 1.33. The van der Waals surface area contributed by atoms with Crippen molar-refractivity contribution in [2.24, 2.45) is 5.92 Å². The Hall–Kier alpha value is -2.65. The molecule has 9 heteroatoms. The number of carbonyl (C=O) groups is 2. The van der Waals surface area contributed by atoms with Gasteiger partial charge in [0.15, 0.2) is 0 Å². The summed E-state index contributed by atoms with van der Waals surface area (Å²) in [7, 11) is -3.88. The number of rotatable bonds is 8. The maximum absolute atomic E-state index is 12.9. The van der Waals surface area contributed by atoms with E-state index in [4.69, 9.17) is 9.15 Å². The van der Waals surface area contributed by atoms with E-state index >= 15 is 0 Å². The normalized spacial score (nSPS) is 19.1. The molecule has 2 aliphatic rings. The van der Waals surface area contributed by atoms with Crippen LogP contribution in [0.2, 0.25) is 0 Å². The molecule has 1 saturated heterocycles. The fourth-order valence-corrected chi connectivity index (χ4v) is 6.45. The molecule has 0 spiro atoms. The summed E-state index contributed by atoms with van der Waals surface area (Å²) in [5.41, 5.74) is 1.26. The molecule has 0 bridgehead atoms. The molecular formula is C25H32N2O6S. The van der Waals surface area contributed by atoms with Crippen molar-refractivity contribution in [1.82, 2.24) is 9.62 Å². The van der Waals surface area contributed by atoms with Crippen molar-refractivity contribution in [1.29, 1.82) is 0 Å². The molecule has 0 unspecified atom stereocenters. The van der Waals surface area contributed by atoms with Crippen molar-refractivity contribution in [3.63, 3.8) is 0 Å². The smallest absolute Gasteiger partial charge is 0.374 e. The summed E-state index contributed by atoms with van der Waals surface area (Å²) in [6, 6.07) is 12.9. The van der Waals surface area contributed by atoms with Crippen LogP contribution in [0.15, 0.2) is 52.0 Å². The molecule has 1 aromatic heterocycles. The zero-order valence-electron chi connectivity index (χ0n) is 19.5. The lowest BCUT2D eigenvalue weighted by Gasteiger charge is -2.33. The molecule has 2 heterocycles. The average molecular weight is 489 g/mol. The van der Waals surface area contributed by atoms with Crippen molar-refractivity contribution in [3.05, 3.63) is 53.8 Å². The second-order valence-corrected chi connectivity index (χ2v) is 11.0. The van der Waals surface area contributed by atoms with Gasteiger partial charge >= 0.3 is 5.97 Å². The quantitative estimate of drug-likeness (QED) is 0.570. The molecule has 2 fully saturated rings. The van der Waals surface area contributed by atoms with Crippen LogP contribution in [0.1, 0.15) is 61.6 Å². The molecule has 1 aliphatic carbocycles. The number of hydrogen-bond donors (Lipinski definition) is 1. The van der Waals surface area contributed by atoms with Gasteiger partial charge < -0.3 is 14.5 Å². The summed E-state index contributed by atoms with van der Waals surface area (Å²) in [6.45, 7) is 2.88. The summed E-state index contributed by atoms with van der Waals surface area (Å²) in [5.74, 6) is -1.09. The van der Waals surface area contributed by atoms with Crippen LogP contribution in [0.5, 0.6) is 0 Å². The molecule has 0 atom stereocenters. The fraction of sp³-hybridized carbons (Fsp3) is 0.520. The molecule has 8 nitrogen and oxygen atoms in total. The molecule has 1 aromatic carbocycles. The molecule has 184 valence electrons. The summed E-state index contributed by atoms with van der Waals surface area (Å²) < 4.78 is 37.3. The minimum Gasteiger partial charge on any atom is -0.460 e. The van der Waals surface area contributed by atoms with E-state index < -0.39 is 16.0 Å². The third-order valence-corrected chi connectivity index (χ3v) is 8.80. The Bertz CT molecular complexity index is 1100. The van der Waals surface area contributed by atoms with Gasteiger partial charge in [-0.1, -0.05) is 43.2 Å². The maximum Gasteiger partial charge on any atom is 0.374 e. The molecule has 1 N–H and O–H groups in total. The van der Waals surface area contributed by atoms with Crippen LogP contribution in [0, 0.1) is 5.92 Å². The first-order chi connectivity index (χ1) is 16.4. The van der Waals surface area contributed by atoms with Crippen LogP contribution in [0.3, 0.4) is 0 Å². The van der Waals surface area contributed by atoms with Gasteiger partial charge in [-0.05, 0) is 50.3 Å². The van der Waals surface area contributed by atoms with Crippen molar-refractivity contribution < 1.29 is 27.2 Å². The van der Waals surface area contributed by atoms with Crippen molar-refractivity contribution in [2.75, 3.05) is 26.2 Å². The van der Waals surface area contributed by atoms with E-state index in [9.17, 15) is 18.0 Å². The summed E-state index contributed by atoms with van der Waals surface area (Å²) >= 11 is 0. The number of sulfonamides is 1. The predicted molar refractivity (Wildman–Crippen MR) is 126 cm³/mol. The van der Waals surface area contributed by atoms with Gasteiger partial charge in [0.25, 0.3) is 10.0 Å². The number of amides is 1.